The van der Waals surface area contributed by atoms with Crippen LogP contribution in [-0.4, -0.2) is 30.8 Å². The number of rotatable bonds is 9. The van der Waals surface area contributed by atoms with E-state index >= 15 is 0 Å². The SMILES string of the molecule is C/C=C(/CCC(CC(C)OC(N)O)OC)N=O. The first kappa shape index (κ1) is 16.2. The molecule has 6 nitrogen and oxygen atoms in total. The van der Waals surface area contributed by atoms with Crippen LogP contribution in [0.5, 0.6) is 0 Å². The third-order valence-corrected chi connectivity index (χ3v) is 2.47. The van der Waals surface area contributed by atoms with Gasteiger partial charge in [0.25, 0.3) is 0 Å². The van der Waals surface area contributed by atoms with Crippen molar-refractivity contribution in [3.8, 4) is 0 Å². The van der Waals surface area contributed by atoms with Crippen LogP contribution in [0.2, 0.25) is 0 Å². The molecule has 0 fully saturated rings. The second-order valence-electron chi connectivity index (χ2n) is 3.84. The Morgan fingerprint density at radius 3 is 2.65 bits per heavy atom. The van der Waals surface area contributed by atoms with Gasteiger partial charge < -0.3 is 14.6 Å². The van der Waals surface area contributed by atoms with Crippen LogP contribution in [0.4, 0.5) is 0 Å². The lowest BCUT2D eigenvalue weighted by atomic mass is 10.1. The summed E-state index contributed by atoms with van der Waals surface area (Å²) in [6.07, 6.45) is 1.99. The lowest BCUT2D eigenvalue weighted by molar-refractivity contribution is -0.136. The zero-order valence-corrected chi connectivity index (χ0v) is 10.6. The van der Waals surface area contributed by atoms with Crippen molar-refractivity contribution in [2.75, 3.05) is 7.11 Å². The molecule has 3 N–H and O–H groups in total. The molecule has 0 bridgehead atoms. The summed E-state index contributed by atoms with van der Waals surface area (Å²) in [5.74, 6) is 0. The van der Waals surface area contributed by atoms with E-state index in [1.807, 2.05) is 0 Å². The van der Waals surface area contributed by atoms with E-state index in [0.717, 1.165) is 0 Å². The quantitative estimate of drug-likeness (QED) is 0.474. The second-order valence-corrected chi connectivity index (χ2v) is 3.84. The number of nitroso groups, excluding NO2 is 1. The number of aliphatic hydroxyl groups is 1. The number of nitrogens with two attached hydrogens (primary N) is 1. The van der Waals surface area contributed by atoms with Crippen LogP contribution in [0.1, 0.15) is 33.1 Å². The highest BCUT2D eigenvalue weighted by molar-refractivity contribution is 4.97. The molecule has 0 aromatic heterocycles. The van der Waals surface area contributed by atoms with E-state index in [1.165, 1.54) is 0 Å². The number of methoxy groups -OCH3 is 1. The smallest absolute Gasteiger partial charge is 0.211 e. The molecular weight excluding hydrogens is 224 g/mol. The Bertz CT molecular complexity index is 244. The van der Waals surface area contributed by atoms with Crippen LogP contribution in [-0.2, 0) is 9.47 Å². The molecule has 0 aliphatic heterocycles. The first-order chi connectivity index (χ1) is 8.03. The summed E-state index contributed by atoms with van der Waals surface area (Å²) in [6.45, 7) is 3.58. The Kier molecular flexibility index (Phi) is 8.79. The van der Waals surface area contributed by atoms with Gasteiger partial charge in [0, 0.05) is 7.11 Å². The molecule has 0 radical (unpaired) electrons. The second kappa shape index (κ2) is 9.23. The monoisotopic (exact) mass is 246 g/mol. The molecule has 0 amide bonds. The zero-order valence-electron chi connectivity index (χ0n) is 10.6. The fraction of sp³-hybridized carbons (Fsp3) is 0.818. The molecule has 0 spiro atoms. The van der Waals surface area contributed by atoms with Gasteiger partial charge in [-0.2, -0.15) is 0 Å². The van der Waals surface area contributed by atoms with E-state index in [0.29, 0.717) is 25.0 Å². The minimum Gasteiger partial charge on any atom is -0.381 e. The van der Waals surface area contributed by atoms with E-state index in [4.69, 9.17) is 20.3 Å². The van der Waals surface area contributed by atoms with Crippen LogP contribution in [0.15, 0.2) is 16.9 Å². The maximum Gasteiger partial charge on any atom is 0.211 e. The average Bonchev–Trinajstić information content (AvgIpc) is 2.27. The van der Waals surface area contributed by atoms with Gasteiger partial charge in [-0.3, -0.25) is 5.73 Å². The molecular formula is C11H22N2O4. The summed E-state index contributed by atoms with van der Waals surface area (Å²) in [6, 6.07) is 0. The molecule has 0 saturated carbocycles. The maximum absolute atomic E-state index is 10.4. The van der Waals surface area contributed by atoms with Gasteiger partial charge in [-0.1, -0.05) is 6.08 Å². The summed E-state index contributed by atoms with van der Waals surface area (Å²) in [5.41, 5.74) is 5.62. The standard InChI is InChI=1S/C11H22N2O4/c1-4-9(13-15)5-6-10(16-3)7-8(2)17-11(12)14/h4,8,10-11,14H,5-7,12H2,1-3H3/b9-4-. The van der Waals surface area contributed by atoms with Crippen LogP contribution < -0.4 is 5.73 Å². The van der Waals surface area contributed by atoms with Gasteiger partial charge in [-0.25, -0.2) is 0 Å². The number of hydrogen-bond donors (Lipinski definition) is 2. The molecule has 3 atom stereocenters. The highest BCUT2D eigenvalue weighted by Gasteiger charge is 2.15. The van der Waals surface area contributed by atoms with E-state index in [-0.39, 0.29) is 12.2 Å². The van der Waals surface area contributed by atoms with Gasteiger partial charge in [0.1, 0.15) is 0 Å². The van der Waals surface area contributed by atoms with Gasteiger partial charge in [-0.05, 0) is 38.3 Å². The first-order valence-corrected chi connectivity index (χ1v) is 5.63. The van der Waals surface area contributed by atoms with Gasteiger partial charge in [0.05, 0.1) is 17.9 Å². The molecule has 0 heterocycles. The van der Waals surface area contributed by atoms with Gasteiger partial charge in [-0.15, -0.1) is 4.91 Å². The van der Waals surface area contributed by atoms with Gasteiger partial charge >= 0.3 is 0 Å². The van der Waals surface area contributed by atoms with Crippen molar-refractivity contribution < 1.29 is 14.6 Å². The van der Waals surface area contributed by atoms with Crippen molar-refractivity contribution in [3.05, 3.63) is 16.7 Å². The molecule has 0 rings (SSSR count). The molecule has 0 aromatic rings. The predicted molar refractivity (Wildman–Crippen MR) is 64.9 cm³/mol. The third kappa shape index (κ3) is 7.98. The van der Waals surface area contributed by atoms with Gasteiger partial charge in [0.15, 0.2) is 0 Å². The summed E-state index contributed by atoms with van der Waals surface area (Å²) >= 11 is 0. The average molecular weight is 246 g/mol. The minimum atomic E-state index is -1.27. The van der Waals surface area contributed by atoms with E-state index in [2.05, 4.69) is 5.18 Å². The molecule has 100 valence electrons. The third-order valence-electron chi connectivity index (χ3n) is 2.47. The van der Waals surface area contributed by atoms with E-state index in [9.17, 15) is 4.91 Å². The first-order valence-electron chi connectivity index (χ1n) is 5.63. The Balaban J connectivity index is 4.03. The topological polar surface area (TPSA) is 94.1 Å². The molecule has 17 heavy (non-hydrogen) atoms. The molecule has 0 aromatic carbocycles. The zero-order chi connectivity index (χ0) is 13.3. The van der Waals surface area contributed by atoms with Crippen LogP contribution in [0.25, 0.3) is 0 Å². The molecule has 0 saturated heterocycles. The summed E-state index contributed by atoms with van der Waals surface area (Å²) in [4.78, 5) is 10.4. The van der Waals surface area contributed by atoms with Crippen LogP contribution in [0.3, 0.4) is 0 Å². The van der Waals surface area contributed by atoms with Crippen molar-refractivity contribution in [3.63, 3.8) is 0 Å². The molecule has 3 unspecified atom stereocenters. The van der Waals surface area contributed by atoms with Crippen molar-refractivity contribution in [2.45, 2.75) is 51.7 Å². The summed E-state index contributed by atoms with van der Waals surface area (Å²) in [7, 11) is 1.60. The molecule has 0 aliphatic rings. The number of nitrogens with zero attached hydrogens (tertiary/aromatic N) is 1. The Morgan fingerprint density at radius 1 is 1.59 bits per heavy atom. The number of ether oxygens (including phenoxy) is 2. The predicted octanol–water partition coefficient (Wildman–Crippen LogP) is 1.48. The number of aliphatic hydroxyl groups excluding tert-OH is 1. The summed E-state index contributed by atoms with van der Waals surface area (Å²) in [5, 5.41) is 11.8. The largest absolute Gasteiger partial charge is 0.381 e. The van der Waals surface area contributed by atoms with Crippen molar-refractivity contribution in [2.24, 2.45) is 10.9 Å². The fourth-order valence-corrected chi connectivity index (χ4v) is 1.55. The summed E-state index contributed by atoms with van der Waals surface area (Å²) < 4.78 is 10.3. The Hall–Kier alpha value is -0.820. The normalized spacial score (nSPS) is 17.6. The van der Waals surface area contributed by atoms with Crippen molar-refractivity contribution in [1.82, 2.24) is 0 Å². The lowest BCUT2D eigenvalue weighted by Gasteiger charge is -2.21. The molecule has 0 aliphatic carbocycles. The number of allylic oxidation sites excluding steroid dienone is 2. The van der Waals surface area contributed by atoms with Crippen molar-refractivity contribution >= 4 is 0 Å². The lowest BCUT2D eigenvalue weighted by Crippen LogP contribution is -2.30. The van der Waals surface area contributed by atoms with Crippen molar-refractivity contribution in [1.29, 1.82) is 0 Å². The fourth-order valence-electron chi connectivity index (χ4n) is 1.55. The highest BCUT2D eigenvalue weighted by atomic mass is 16.6. The number of hydrogen-bond acceptors (Lipinski definition) is 6. The Labute approximate surface area is 102 Å². The van der Waals surface area contributed by atoms with Crippen LogP contribution in [0, 0.1) is 4.91 Å². The minimum absolute atomic E-state index is 0.0551. The van der Waals surface area contributed by atoms with Gasteiger partial charge in [0.2, 0.25) is 6.41 Å². The highest BCUT2D eigenvalue weighted by Crippen LogP contribution is 2.15. The molecule has 6 heteroatoms. The maximum atomic E-state index is 10.4. The van der Waals surface area contributed by atoms with Crippen LogP contribution >= 0.6 is 0 Å². The van der Waals surface area contributed by atoms with E-state index < -0.39 is 6.41 Å². The van der Waals surface area contributed by atoms with E-state index in [1.54, 1.807) is 27.0 Å². The Morgan fingerprint density at radius 2 is 2.24 bits per heavy atom.